The highest BCUT2D eigenvalue weighted by molar-refractivity contribution is 7.99. The zero-order valence-corrected chi connectivity index (χ0v) is 54.6. The lowest BCUT2D eigenvalue weighted by Crippen LogP contribution is -2.07. The van der Waals surface area contributed by atoms with Crippen LogP contribution in [-0.4, -0.2) is 86.5 Å². The largest absolute Gasteiger partial charge is 0.411 e. The molecule has 2 heterocycles. The van der Waals surface area contributed by atoms with Gasteiger partial charge in [-0.15, -0.1) is 23.5 Å². The lowest BCUT2D eigenvalue weighted by atomic mass is 9.97. The summed E-state index contributed by atoms with van der Waals surface area (Å²) in [5.74, 6) is 1.29. The number of ketones is 2. The Hall–Kier alpha value is -7.53. The van der Waals surface area contributed by atoms with Gasteiger partial charge >= 0.3 is 5.97 Å². The van der Waals surface area contributed by atoms with Gasteiger partial charge < -0.3 is 28.7 Å². The Labute approximate surface area is 543 Å². The van der Waals surface area contributed by atoms with E-state index in [0.717, 1.165) is 105 Å². The molecule has 0 aliphatic rings. The van der Waals surface area contributed by atoms with E-state index in [1.807, 2.05) is 173 Å². The number of carbonyl (C=O) groups excluding carboxylic acids is 4. The summed E-state index contributed by atoms with van der Waals surface area (Å²) < 4.78 is 15.8. The SMILES string of the molecule is CC(=O)Cl.CCOCCn1c2ccc(C(=O)c3ccccc3C)cc2c2cc(/C(CCCSc3ccc(Cl)cc3)=N/O)ccc21.CCOCCn1c2ccc(C(=O)c3ccccc3C)cc2c2cc(/C(CCCSc3ccc(Cl)cc3)=N/OC(C)=O)ccc21. The predicted molar refractivity (Wildman–Crippen MR) is 367 cm³/mol. The highest BCUT2D eigenvalue weighted by Crippen LogP contribution is 2.35. The Morgan fingerprint density at radius 3 is 1.24 bits per heavy atom. The van der Waals surface area contributed by atoms with Gasteiger partial charge in [0.15, 0.2) is 11.6 Å². The van der Waals surface area contributed by atoms with Crippen LogP contribution in [0, 0.1) is 13.8 Å². The van der Waals surface area contributed by atoms with Crippen LogP contribution in [-0.2, 0) is 37.0 Å². The summed E-state index contributed by atoms with van der Waals surface area (Å²) in [4.78, 5) is 55.3. The molecule has 0 bridgehead atoms. The Morgan fingerprint density at radius 1 is 0.506 bits per heavy atom. The smallest absolute Gasteiger partial charge is 0.331 e. The third kappa shape index (κ3) is 18.1. The fourth-order valence-corrected chi connectivity index (χ4v) is 12.4. The van der Waals surface area contributed by atoms with Crippen molar-refractivity contribution in [2.75, 3.05) is 37.9 Å². The molecule has 0 saturated carbocycles. The Bertz CT molecular complexity index is 4180. The number of hydrogen-bond acceptors (Lipinski definition) is 12. The number of hydrogen-bond donors (Lipinski definition) is 1. The molecule has 0 saturated heterocycles. The maximum atomic E-state index is 13.6. The van der Waals surface area contributed by atoms with Crippen LogP contribution in [0.1, 0.15) is 107 Å². The van der Waals surface area contributed by atoms with Crippen LogP contribution in [0.4, 0.5) is 0 Å². The van der Waals surface area contributed by atoms with E-state index in [-0.39, 0.29) is 16.8 Å². The Morgan fingerprint density at radius 2 is 0.865 bits per heavy atom. The topological polar surface area (TPSA) is 151 Å². The molecule has 0 amide bonds. The molecule has 89 heavy (non-hydrogen) atoms. The Balaban J connectivity index is 0.000000218. The summed E-state index contributed by atoms with van der Waals surface area (Å²) in [5.41, 5.74) is 11.8. The molecule has 10 aromatic rings. The lowest BCUT2D eigenvalue weighted by Gasteiger charge is -2.09. The summed E-state index contributed by atoms with van der Waals surface area (Å²) in [7, 11) is 0. The van der Waals surface area contributed by atoms with E-state index in [1.165, 1.54) is 13.8 Å². The van der Waals surface area contributed by atoms with E-state index in [1.54, 1.807) is 23.5 Å². The minimum Gasteiger partial charge on any atom is -0.411 e. The standard InChI is InChI=1S/C36H35ClN2O4S.C34H33ClN2O3S.C2H3ClO/c1-4-42-20-19-39-34-17-11-26(33(38-43-25(3)40)10-7-21-44-29-15-13-28(37)14-16-29)22-31(34)32-23-27(12-18-35(32)39)36(41)30-9-6-5-8-24(30)2;1-3-40-19-18-37-32-16-10-24(31(36-39)9-6-20-41-27-14-12-26(35)13-15-27)21-29(32)30-22-25(11-17-33(30)37)34(38)28-8-5-4-7-23(28)2;1-2(3)4/h5-6,8-9,11-18,22-23H,4,7,10,19-21H2,1-3H3;4-5,7-8,10-17,21-22,39H,3,6,9,18-20H2,1-2H3;1H3/b38-33+;36-31+;. The second kappa shape index (κ2) is 33.3. The molecule has 10 rings (SSSR count). The monoisotopic (exact) mass is 1290 g/mol. The fraction of sp³-hybridized carbons (Fsp3) is 0.250. The molecule has 12 nitrogen and oxygen atoms in total. The van der Waals surface area contributed by atoms with Crippen molar-refractivity contribution in [2.24, 2.45) is 10.3 Å². The second-order valence-corrected chi connectivity index (χ2v) is 24.6. The highest BCUT2D eigenvalue weighted by atomic mass is 35.5. The van der Waals surface area contributed by atoms with E-state index in [2.05, 4.69) is 55.3 Å². The lowest BCUT2D eigenvalue weighted by molar-refractivity contribution is -0.141. The van der Waals surface area contributed by atoms with E-state index >= 15 is 0 Å². The summed E-state index contributed by atoms with van der Waals surface area (Å²) in [5, 5.41) is 22.9. The van der Waals surface area contributed by atoms with Gasteiger partial charge in [-0.2, -0.15) is 0 Å². The number of aryl methyl sites for hydroxylation is 2. The van der Waals surface area contributed by atoms with E-state index in [0.29, 0.717) is 91.1 Å². The molecule has 8 aromatic carbocycles. The van der Waals surface area contributed by atoms with Gasteiger partial charge in [0.05, 0.1) is 24.6 Å². The molecule has 1 N–H and O–H groups in total. The van der Waals surface area contributed by atoms with Crippen LogP contribution in [0.5, 0.6) is 0 Å². The second-order valence-electron chi connectivity index (χ2n) is 20.9. The number of oxime groups is 2. The first kappa shape index (κ1) is 67.4. The highest BCUT2D eigenvalue weighted by Gasteiger charge is 2.20. The number of ether oxygens (including phenoxy) is 2. The van der Waals surface area contributed by atoms with Crippen molar-refractivity contribution in [3.8, 4) is 0 Å². The molecule has 0 atom stereocenters. The zero-order chi connectivity index (χ0) is 63.4. The van der Waals surface area contributed by atoms with E-state index < -0.39 is 5.97 Å². The summed E-state index contributed by atoms with van der Waals surface area (Å²) in [6.45, 7) is 14.4. The van der Waals surface area contributed by atoms with Gasteiger partial charge in [-0.25, -0.2) is 4.79 Å². The molecule has 0 aliphatic heterocycles. The van der Waals surface area contributed by atoms with Gasteiger partial charge in [0, 0.05) is 137 Å². The van der Waals surface area contributed by atoms with Crippen molar-refractivity contribution in [3.05, 3.63) is 224 Å². The molecule has 0 spiro atoms. The zero-order valence-electron chi connectivity index (χ0n) is 50.7. The normalized spacial score (nSPS) is 11.6. The third-order valence-corrected chi connectivity index (χ3v) is 17.4. The molecule has 0 fully saturated rings. The van der Waals surface area contributed by atoms with Crippen molar-refractivity contribution in [2.45, 2.75) is 90.1 Å². The van der Waals surface area contributed by atoms with Crippen molar-refractivity contribution in [3.63, 3.8) is 0 Å². The molecule has 460 valence electrons. The van der Waals surface area contributed by atoms with Gasteiger partial charge in [-0.1, -0.05) is 94.2 Å². The van der Waals surface area contributed by atoms with Gasteiger partial charge in [0.1, 0.15) is 0 Å². The minimum absolute atomic E-state index is 0.00664. The third-order valence-electron chi connectivity index (χ3n) is 14.7. The number of benzene rings is 8. The van der Waals surface area contributed by atoms with Gasteiger partial charge in [-0.3, -0.25) is 14.4 Å². The minimum atomic E-state index is -0.467. The van der Waals surface area contributed by atoms with Gasteiger partial charge in [0.25, 0.3) is 0 Å². The number of halogens is 3. The Kier molecular flexibility index (Phi) is 25.2. The van der Waals surface area contributed by atoms with Crippen molar-refractivity contribution < 1.29 is 38.7 Å². The first-order valence-corrected chi connectivity index (χ1v) is 32.6. The van der Waals surface area contributed by atoms with Crippen molar-refractivity contribution in [1.29, 1.82) is 0 Å². The van der Waals surface area contributed by atoms with Crippen LogP contribution in [0.2, 0.25) is 10.0 Å². The number of nitrogens with zero attached hydrogens (tertiary/aromatic N) is 4. The van der Waals surface area contributed by atoms with Gasteiger partial charge in [0.2, 0.25) is 5.24 Å². The summed E-state index contributed by atoms with van der Waals surface area (Å²) in [6, 6.07) is 55.1. The predicted octanol–water partition coefficient (Wildman–Crippen LogP) is 18.4. The van der Waals surface area contributed by atoms with E-state index in [9.17, 15) is 24.4 Å². The van der Waals surface area contributed by atoms with Gasteiger partial charge in [-0.05, 0) is 197 Å². The molecule has 2 aromatic heterocycles. The quantitative estimate of drug-likeness (QED) is 0.00856. The maximum absolute atomic E-state index is 13.6. The first-order valence-electron chi connectivity index (χ1n) is 29.5. The average Bonchev–Trinajstić information content (AvgIpc) is 1.65. The average molecular weight is 1290 g/mol. The van der Waals surface area contributed by atoms with Crippen LogP contribution in [0.15, 0.2) is 190 Å². The fourth-order valence-electron chi connectivity index (χ4n) is 10.4. The maximum Gasteiger partial charge on any atom is 0.331 e. The van der Waals surface area contributed by atoms with Crippen LogP contribution in [0.25, 0.3) is 43.6 Å². The number of carbonyl (C=O) groups is 4. The number of rotatable bonds is 25. The molecule has 0 radical (unpaired) electrons. The van der Waals surface area contributed by atoms with Crippen LogP contribution in [0.3, 0.4) is 0 Å². The van der Waals surface area contributed by atoms with Crippen LogP contribution >= 0.6 is 58.3 Å². The molecular formula is C72H71Cl3N4O8S2. The molecule has 0 unspecified atom stereocenters. The van der Waals surface area contributed by atoms with E-state index in [4.69, 9.17) is 37.5 Å². The number of fused-ring (bicyclic) bond motifs is 6. The number of aromatic nitrogens is 2. The molecule has 17 heteroatoms. The summed E-state index contributed by atoms with van der Waals surface area (Å²) in [6.07, 6.45) is 2.95. The first-order chi connectivity index (χ1) is 43.1. The van der Waals surface area contributed by atoms with Crippen LogP contribution < -0.4 is 0 Å². The summed E-state index contributed by atoms with van der Waals surface area (Å²) >= 11 is 20.1. The number of thioether (sulfide) groups is 2. The molecule has 0 aliphatic carbocycles. The molecular weight excluding hydrogens is 1220 g/mol. The van der Waals surface area contributed by atoms with Crippen molar-refractivity contribution in [1.82, 2.24) is 9.13 Å². The van der Waals surface area contributed by atoms with Crippen molar-refractivity contribution >= 4 is 136 Å².